The second kappa shape index (κ2) is 5.01. The van der Waals surface area contributed by atoms with Crippen LogP contribution in [0.15, 0.2) is 18.2 Å². The van der Waals surface area contributed by atoms with E-state index in [1.807, 2.05) is 6.92 Å². The number of hydrogen-bond donors (Lipinski definition) is 0. The summed E-state index contributed by atoms with van der Waals surface area (Å²) in [6.07, 6.45) is 3.77. The number of fused-ring (bicyclic) bond motifs is 1. The highest BCUT2D eigenvalue weighted by atomic mass is 35.5. The fourth-order valence-corrected chi connectivity index (χ4v) is 3.36. The Bertz CT molecular complexity index is 613. The Morgan fingerprint density at radius 1 is 1.21 bits per heavy atom. The molecule has 0 radical (unpaired) electrons. The lowest BCUT2D eigenvalue weighted by Crippen LogP contribution is -2.04. The summed E-state index contributed by atoms with van der Waals surface area (Å²) in [4.78, 5) is 0. The molecule has 0 fully saturated rings. The van der Waals surface area contributed by atoms with Gasteiger partial charge in [-0.3, -0.25) is 4.68 Å². The van der Waals surface area contributed by atoms with Crippen molar-refractivity contribution in [3.05, 3.63) is 51.8 Å². The normalized spacial score (nSPS) is 13.8. The molecule has 2 nitrogen and oxygen atoms in total. The number of halogens is 1. The standard InChI is InChI=1S/C16H19ClN2/c1-11-16(9-17)12(2)19(18-11)10-13-6-7-14-4-3-5-15(14)8-13/h6-8H,3-5,9-10H2,1-2H3. The predicted molar refractivity (Wildman–Crippen MR) is 78.8 cm³/mol. The number of aromatic nitrogens is 2. The lowest BCUT2D eigenvalue weighted by molar-refractivity contribution is 0.658. The van der Waals surface area contributed by atoms with Gasteiger partial charge in [0.2, 0.25) is 0 Å². The van der Waals surface area contributed by atoms with Gasteiger partial charge in [-0.1, -0.05) is 18.2 Å². The lowest BCUT2D eigenvalue weighted by atomic mass is 10.1. The first-order valence-electron chi connectivity index (χ1n) is 6.88. The van der Waals surface area contributed by atoms with Crippen molar-refractivity contribution in [3.8, 4) is 0 Å². The van der Waals surface area contributed by atoms with Crippen molar-refractivity contribution >= 4 is 11.6 Å². The molecule has 0 amide bonds. The van der Waals surface area contributed by atoms with Gasteiger partial charge in [-0.05, 0) is 49.8 Å². The minimum atomic E-state index is 0.544. The average molecular weight is 275 g/mol. The van der Waals surface area contributed by atoms with Gasteiger partial charge in [0.25, 0.3) is 0 Å². The Kier molecular flexibility index (Phi) is 3.36. The molecular formula is C16H19ClN2. The number of rotatable bonds is 3. The summed E-state index contributed by atoms with van der Waals surface area (Å²) in [7, 11) is 0. The summed E-state index contributed by atoms with van der Waals surface area (Å²) in [5.74, 6) is 0.544. The van der Waals surface area contributed by atoms with Gasteiger partial charge in [0.15, 0.2) is 0 Å². The molecular weight excluding hydrogens is 256 g/mol. The minimum absolute atomic E-state index is 0.544. The summed E-state index contributed by atoms with van der Waals surface area (Å²) in [6.45, 7) is 4.98. The second-order valence-electron chi connectivity index (χ2n) is 5.40. The van der Waals surface area contributed by atoms with E-state index < -0.39 is 0 Å². The molecule has 2 aromatic rings. The van der Waals surface area contributed by atoms with E-state index in [4.69, 9.17) is 11.6 Å². The van der Waals surface area contributed by atoms with Gasteiger partial charge in [-0.2, -0.15) is 5.10 Å². The van der Waals surface area contributed by atoms with E-state index in [9.17, 15) is 0 Å². The Balaban J connectivity index is 1.89. The average Bonchev–Trinajstić information content (AvgIpc) is 2.95. The molecule has 3 rings (SSSR count). The Morgan fingerprint density at radius 2 is 2.00 bits per heavy atom. The second-order valence-corrected chi connectivity index (χ2v) is 5.66. The Labute approximate surface area is 119 Å². The smallest absolute Gasteiger partial charge is 0.0662 e. The zero-order valence-electron chi connectivity index (χ0n) is 11.5. The summed E-state index contributed by atoms with van der Waals surface area (Å²) in [6, 6.07) is 6.87. The van der Waals surface area contributed by atoms with Crippen LogP contribution in [0.5, 0.6) is 0 Å². The molecule has 1 aromatic carbocycles. The van der Waals surface area contributed by atoms with Crippen LogP contribution in [0.4, 0.5) is 0 Å². The maximum absolute atomic E-state index is 5.98. The van der Waals surface area contributed by atoms with Crippen LogP contribution in [0.3, 0.4) is 0 Å². The molecule has 19 heavy (non-hydrogen) atoms. The molecule has 1 aromatic heterocycles. The number of aryl methyl sites for hydroxylation is 3. The molecule has 1 aliphatic rings. The molecule has 100 valence electrons. The predicted octanol–water partition coefficient (Wildman–Crippen LogP) is 3.78. The topological polar surface area (TPSA) is 17.8 Å². The highest BCUT2D eigenvalue weighted by Gasteiger charge is 2.13. The van der Waals surface area contributed by atoms with Crippen LogP contribution in [0.25, 0.3) is 0 Å². The van der Waals surface area contributed by atoms with E-state index in [-0.39, 0.29) is 0 Å². The third-order valence-corrected chi connectivity index (χ3v) is 4.43. The molecule has 0 saturated carbocycles. The molecule has 1 heterocycles. The molecule has 0 aliphatic heterocycles. The van der Waals surface area contributed by atoms with Crippen molar-refractivity contribution in [2.24, 2.45) is 0 Å². The van der Waals surface area contributed by atoms with Gasteiger partial charge < -0.3 is 0 Å². The first-order chi connectivity index (χ1) is 9.19. The van der Waals surface area contributed by atoms with E-state index in [2.05, 4.69) is 34.9 Å². The monoisotopic (exact) mass is 274 g/mol. The van der Waals surface area contributed by atoms with Crippen LogP contribution < -0.4 is 0 Å². The minimum Gasteiger partial charge on any atom is -0.265 e. The van der Waals surface area contributed by atoms with Gasteiger partial charge in [0, 0.05) is 11.3 Å². The van der Waals surface area contributed by atoms with Gasteiger partial charge >= 0.3 is 0 Å². The number of benzene rings is 1. The third-order valence-electron chi connectivity index (χ3n) is 4.16. The van der Waals surface area contributed by atoms with Crippen molar-refractivity contribution in [1.82, 2.24) is 9.78 Å². The summed E-state index contributed by atoms with van der Waals surface area (Å²) < 4.78 is 2.07. The zero-order valence-corrected chi connectivity index (χ0v) is 12.3. The molecule has 1 aliphatic carbocycles. The first-order valence-corrected chi connectivity index (χ1v) is 7.42. The first kappa shape index (κ1) is 12.7. The Hall–Kier alpha value is -1.28. The van der Waals surface area contributed by atoms with E-state index in [1.54, 1.807) is 0 Å². The SMILES string of the molecule is Cc1nn(Cc2ccc3c(c2)CCC3)c(C)c1CCl. The van der Waals surface area contributed by atoms with Crippen LogP contribution in [0, 0.1) is 13.8 Å². The highest BCUT2D eigenvalue weighted by Crippen LogP contribution is 2.24. The van der Waals surface area contributed by atoms with E-state index in [0.717, 1.165) is 12.2 Å². The van der Waals surface area contributed by atoms with Crippen molar-refractivity contribution in [3.63, 3.8) is 0 Å². The third kappa shape index (κ3) is 2.30. The van der Waals surface area contributed by atoms with Crippen molar-refractivity contribution < 1.29 is 0 Å². The maximum atomic E-state index is 5.98. The van der Waals surface area contributed by atoms with Gasteiger partial charge in [0.05, 0.1) is 18.1 Å². The summed E-state index contributed by atoms with van der Waals surface area (Å²) in [5, 5.41) is 4.60. The van der Waals surface area contributed by atoms with Gasteiger partial charge in [-0.25, -0.2) is 0 Å². The summed E-state index contributed by atoms with van der Waals surface area (Å²) >= 11 is 5.98. The van der Waals surface area contributed by atoms with Gasteiger partial charge in [0.1, 0.15) is 0 Å². The van der Waals surface area contributed by atoms with E-state index in [1.165, 1.54) is 47.2 Å². The van der Waals surface area contributed by atoms with Crippen LogP contribution >= 0.6 is 11.6 Å². The zero-order chi connectivity index (χ0) is 13.4. The lowest BCUT2D eigenvalue weighted by Gasteiger charge is -2.07. The summed E-state index contributed by atoms with van der Waals surface area (Å²) in [5.41, 5.74) is 7.80. The largest absolute Gasteiger partial charge is 0.265 e. The van der Waals surface area contributed by atoms with Crippen LogP contribution in [0.2, 0.25) is 0 Å². The molecule has 0 spiro atoms. The quantitative estimate of drug-likeness (QED) is 0.779. The molecule has 0 atom stereocenters. The highest BCUT2D eigenvalue weighted by molar-refractivity contribution is 6.17. The van der Waals surface area contributed by atoms with Gasteiger partial charge in [-0.15, -0.1) is 11.6 Å². The molecule has 3 heteroatoms. The van der Waals surface area contributed by atoms with Crippen LogP contribution in [0.1, 0.15) is 40.1 Å². The van der Waals surface area contributed by atoms with Crippen molar-refractivity contribution in [2.75, 3.05) is 0 Å². The van der Waals surface area contributed by atoms with Crippen LogP contribution in [-0.2, 0) is 25.3 Å². The van der Waals surface area contributed by atoms with E-state index in [0.29, 0.717) is 5.88 Å². The molecule has 0 N–H and O–H groups in total. The van der Waals surface area contributed by atoms with E-state index >= 15 is 0 Å². The van der Waals surface area contributed by atoms with Crippen molar-refractivity contribution in [1.29, 1.82) is 0 Å². The number of nitrogens with zero attached hydrogens (tertiary/aromatic N) is 2. The van der Waals surface area contributed by atoms with Crippen LogP contribution in [-0.4, -0.2) is 9.78 Å². The molecule has 0 saturated heterocycles. The molecule has 0 bridgehead atoms. The number of alkyl halides is 1. The molecule has 0 unspecified atom stereocenters. The maximum Gasteiger partial charge on any atom is 0.0662 e. The number of hydrogen-bond acceptors (Lipinski definition) is 1. The van der Waals surface area contributed by atoms with Crippen molar-refractivity contribution in [2.45, 2.75) is 45.5 Å². The fourth-order valence-electron chi connectivity index (χ4n) is 2.98. The Morgan fingerprint density at radius 3 is 2.74 bits per heavy atom. The fraction of sp³-hybridized carbons (Fsp3) is 0.438.